The first kappa shape index (κ1) is 20.9. The molecule has 10 heteroatoms. The number of hydrogen-bond acceptors (Lipinski definition) is 6. The van der Waals surface area contributed by atoms with Crippen molar-refractivity contribution in [2.24, 2.45) is 0 Å². The van der Waals surface area contributed by atoms with Gasteiger partial charge in [0.05, 0.1) is 34.4 Å². The fourth-order valence-corrected chi connectivity index (χ4v) is 4.47. The van der Waals surface area contributed by atoms with Crippen molar-refractivity contribution in [1.29, 1.82) is 0 Å². The summed E-state index contributed by atoms with van der Waals surface area (Å²) in [6, 6.07) is 1.19. The maximum Gasteiger partial charge on any atom is 0.511 e. The summed E-state index contributed by atoms with van der Waals surface area (Å²) in [5.74, 6) is -0.991. The lowest BCUT2D eigenvalue weighted by Gasteiger charge is -2.26. The molecular weight excluding hydrogens is 417 g/mol. The molecule has 162 valence electrons. The largest absolute Gasteiger partial charge is 0.511 e. The third-order valence-electron chi connectivity index (χ3n) is 5.61. The van der Waals surface area contributed by atoms with Gasteiger partial charge in [-0.25, -0.2) is 9.18 Å². The van der Waals surface area contributed by atoms with Crippen LogP contribution >= 0.6 is 11.6 Å². The zero-order valence-electron chi connectivity index (χ0n) is 16.3. The van der Waals surface area contributed by atoms with E-state index in [-0.39, 0.29) is 34.5 Å². The molecule has 0 spiro atoms. The molecular formula is C20H23ClFN3O5. The number of aromatic nitrogens is 1. The molecule has 2 aromatic rings. The Labute approximate surface area is 177 Å². The average molecular weight is 440 g/mol. The first-order valence-electron chi connectivity index (χ1n) is 9.96. The molecule has 1 aliphatic carbocycles. The lowest BCUT2D eigenvalue weighted by molar-refractivity contribution is 0.143. The van der Waals surface area contributed by atoms with Crippen LogP contribution in [0.5, 0.6) is 5.75 Å². The Kier molecular flexibility index (Phi) is 5.86. The number of carbonyl (C=O) groups is 1. The van der Waals surface area contributed by atoms with E-state index in [4.69, 9.17) is 16.7 Å². The first-order chi connectivity index (χ1) is 14.4. The van der Waals surface area contributed by atoms with Gasteiger partial charge in [-0.3, -0.25) is 9.69 Å². The topological polar surface area (TPSA) is 95.2 Å². The van der Waals surface area contributed by atoms with Gasteiger partial charge in [-0.1, -0.05) is 11.6 Å². The van der Waals surface area contributed by atoms with E-state index in [1.807, 2.05) is 4.90 Å². The zero-order chi connectivity index (χ0) is 21.4. The van der Waals surface area contributed by atoms with Crippen LogP contribution < -0.4 is 15.1 Å². The van der Waals surface area contributed by atoms with Gasteiger partial charge in [0, 0.05) is 32.2 Å². The van der Waals surface area contributed by atoms with Crippen molar-refractivity contribution in [2.75, 3.05) is 44.2 Å². The van der Waals surface area contributed by atoms with Crippen molar-refractivity contribution in [1.82, 2.24) is 9.47 Å². The van der Waals surface area contributed by atoms with Crippen molar-refractivity contribution in [3.8, 4) is 5.75 Å². The minimum atomic E-state index is -1.60. The summed E-state index contributed by atoms with van der Waals surface area (Å²) in [6.45, 7) is 3.23. The summed E-state index contributed by atoms with van der Waals surface area (Å²) >= 11 is 6.69. The van der Waals surface area contributed by atoms with Crippen molar-refractivity contribution < 1.29 is 24.1 Å². The highest BCUT2D eigenvalue weighted by Crippen LogP contribution is 2.42. The molecule has 4 rings (SSSR count). The monoisotopic (exact) mass is 439 g/mol. The molecule has 1 aliphatic heterocycles. The van der Waals surface area contributed by atoms with Crippen LogP contribution in [0.4, 0.5) is 14.9 Å². The van der Waals surface area contributed by atoms with Crippen molar-refractivity contribution in [2.45, 2.75) is 25.3 Å². The Balaban J connectivity index is 1.82. The maximum atomic E-state index is 15.2. The van der Waals surface area contributed by atoms with Crippen molar-refractivity contribution in [3.63, 3.8) is 0 Å². The molecule has 0 amide bonds. The van der Waals surface area contributed by atoms with Crippen LogP contribution in [0.3, 0.4) is 0 Å². The van der Waals surface area contributed by atoms with Crippen LogP contribution in [0.2, 0.25) is 5.02 Å². The molecule has 8 nitrogen and oxygen atoms in total. The molecule has 0 atom stereocenters. The Bertz CT molecular complexity index is 1040. The number of halogens is 2. The Hall–Kier alpha value is -2.36. The molecule has 30 heavy (non-hydrogen) atoms. The summed E-state index contributed by atoms with van der Waals surface area (Å²) < 4.78 is 21.5. The molecule has 1 saturated heterocycles. The number of ether oxygens (including phenoxy) is 1. The van der Waals surface area contributed by atoms with Gasteiger partial charge in [0.25, 0.3) is 0 Å². The Morgan fingerprint density at radius 1 is 1.27 bits per heavy atom. The highest BCUT2D eigenvalue weighted by atomic mass is 35.5. The van der Waals surface area contributed by atoms with E-state index >= 15 is 4.39 Å². The van der Waals surface area contributed by atoms with Gasteiger partial charge in [-0.05, 0) is 31.9 Å². The highest BCUT2D eigenvalue weighted by Gasteiger charge is 2.30. The van der Waals surface area contributed by atoms with Gasteiger partial charge in [-0.2, -0.15) is 0 Å². The van der Waals surface area contributed by atoms with Gasteiger partial charge >= 0.3 is 6.16 Å². The molecule has 1 saturated carbocycles. The van der Waals surface area contributed by atoms with Gasteiger partial charge < -0.3 is 24.4 Å². The van der Waals surface area contributed by atoms with E-state index in [0.29, 0.717) is 31.7 Å². The second-order valence-electron chi connectivity index (χ2n) is 7.65. The van der Waals surface area contributed by atoms with Gasteiger partial charge in [0.1, 0.15) is 5.82 Å². The zero-order valence-corrected chi connectivity index (χ0v) is 17.1. The number of carboxylic acid groups (broad SMARTS) is 1. The van der Waals surface area contributed by atoms with Gasteiger partial charge in [0.2, 0.25) is 5.43 Å². The average Bonchev–Trinajstić information content (AvgIpc) is 3.53. The fraction of sp³-hybridized carbons (Fsp3) is 0.500. The van der Waals surface area contributed by atoms with Crippen LogP contribution in [0, 0.1) is 5.82 Å². The number of aliphatic hydroxyl groups is 1. The number of benzene rings is 1. The van der Waals surface area contributed by atoms with Crippen LogP contribution in [0.1, 0.15) is 25.3 Å². The molecule has 0 unspecified atom stereocenters. The third kappa shape index (κ3) is 3.97. The van der Waals surface area contributed by atoms with E-state index in [1.165, 1.54) is 6.20 Å². The molecule has 2 heterocycles. The molecule has 2 N–H and O–H groups in total. The Morgan fingerprint density at radius 3 is 2.70 bits per heavy atom. The maximum absolute atomic E-state index is 15.2. The standard InChI is InChI=1S/C20H23ClFN3O5/c21-16-17-13(19(27)15(30-20(28)29)11-25(17)12-2-3-12)10-14(22)18(16)24-5-1-4-23(6-7-24)8-9-26/h10-12,26H,1-9H2,(H,28,29). The molecule has 0 bridgehead atoms. The molecule has 1 aromatic heterocycles. The van der Waals surface area contributed by atoms with Crippen LogP contribution in [-0.2, 0) is 0 Å². The molecule has 0 radical (unpaired) electrons. The van der Waals surface area contributed by atoms with E-state index < -0.39 is 17.4 Å². The smallest absolute Gasteiger partial charge is 0.449 e. The van der Waals surface area contributed by atoms with Crippen LogP contribution in [0.15, 0.2) is 17.1 Å². The summed E-state index contributed by atoms with van der Waals surface area (Å²) in [4.78, 5) is 27.7. The van der Waals surface area contributed by atoms with Crippen molar-refractivity contribution in [3.05, 3.63) is 33.3 Å². The van der Waals surface area contributed by atoms with E-state index in [2.05, 4.69) is 9.64 Å². The highest BCUT2D eigenvalue weighted by molar-refractivity contribution is 6.38. The number of β-amino-alcohol motifs (C(OH)–C–C–N with tert-alkyl or cyclic N) is 1. The summed E-state index contributed by atoms with van der Waals surface area (Å²) in [5.41, 5.74) is -0.0628. The van der Waals surface area contributed by atoms with Crippen molar-refractivity contribution >= 4 is 34.3 Å². The summed E-state index contributed by atoms with van der Waals surface area (Å²) in [7, 11) is 0. The van der Waals surface area contributed by atoms with E-state index in [9.17, 15) is 14.7 Å². The third-order valence-corrected chi connectivity index (χ3v) is 5.97. The fourth-order valence-electron chi connectivity index (χ4n) is 4.06. The number of nitrogens with zero attached hydrogens (tertiary/aromatic N) is 3. The predicted molar refractivity (Wildman–Crippen MR) is 110 cm³/mol. The number of rotatable bonds is 5. The van der Waals surface area contributed by atoms with Gasteiger partial charge in [0.15, 0.2) is 5.75 Å². The van der Waals surface area contributed by atoms with E-state index in [1.54, 1.807) is 4.57 Å². The van der Waals surface area contributed by atoms with Gasteiger partial charge in [-0.15, -0.1) is 0 Å². The van der Waals surface area contributed by atoms with Crippen LogP contribution in [0.25, 0.3) is 10.9 Å². The second kappa shape index (κ2) is 8.41. The summed E-state index contributed by atoms with van der Waals surface area (Å²) in [6.07, 6.45) is 2.25. The molecule has 1 aromatic carbocycles. The first-order valence-corrected chi connectivity index (χ1v) is 10.3. The predicted octanol–water partition coefficient (Wildman–Crippen LogP) is 2.69. The molecule has 2 fully saturated rings. The lowest BCUT2D eigenvalue weighted by atomic mass is 10.1. The SMILES string of the molecule is O=C(O)Oc1cn(C2CC2)c2c(Cl)c(N3CCCN(CCO)CC3)c(F)cc2c1=O. The summed E-state index contributed by atoms with van der Waals surface area (Å²) in [5, 5.41) is 18.2. The number of anilines is 1. The number of pyridine rings is 1. The number of aliphatic hydroxyl groups excluding tert-OH is 1. The van der Waals surface area contributed by atoms with E-state index in [0.717, 1.165) is 31.9 Å². The number of hydrogen-bond donors (Lipinski definition) is 2. The minimum absolute atomic E-state index is 0.00336. The quantitative estimate of drug-likeness (QED) is 0.691. The van der Waals surface area contributed by atoms with Crippen LogP contribution in [-0.4, -0.2) is 65.2 Å². The lowest BCUT2D eigenvalue weighted by Crippen LogP contribution is -2.33. The second-order valence-corrected chi connectivity index (χ2v) is 8.03. The molecule has 2 aliphatic rings. The number of fused-ring (bicyclic) bond motifs is 1. The normalized spacial score (nSPS) is 17.9. The Morgan fingerprint density at radius 2 is 2.03 bits per heavy atom. The minimum Gasteiger partial charge on any atom is -0.449 e.